The number of para-hydroxylation sites is 1. The number of aromatic hydroxyl groups is 1. The number of unbranched alkanes of at least 4 members (excludes halogenated alkanes) is 3. The fourth-order valence-corrected chi connectivity index (χ4v) is 21.9. The molecule has 40 nitrogen and oxygen atoms in total. The summed E-state index contributed by atoms with van der Waals surface area (Å²) in [6.45, 7) is 9.24. The molecular weight excluding hydrogens is 1940 g/mol. The molecule has 4 saturated heterocycles. The fraction of sp³-hybridized carbons (Fsp3) is 0.550. The van der Waals surface area contributed by atoms with Crippen LogP contribution in [0.3, 0.4) is 0 Å². The highest BCUT2D eigenvalue weighted by Crippen LogP contribution is 2.50. The Balaban J connectivity index is 0.735. The number of allylic oxidation sites excluding steroid dienone is 3. The SMILES string of the molecule is COc1cc2cc(c1Cl)N(C)C(=O)C[C@H](OC(=O)[C@H](C)N(C)C(=O)CCSC1CC(=O)N(CCCCCNC(=O)[C@@H](NC(=O)[C@@H]3CSSC[C@H](NC(=O)[C@@H](Cc4ccccc4)NC(=O)NC4CCCCC4)C(=O)N[C@@H](Cc4ccc(O)cc4)C(=O)N[C@H](Cc4c[nH]c5ccccc45)C(=O)N[C@@H](CCCCN)C(=O)N[C@@H]([C@@H](C)O)C(=O)N3)[C@@H](C)O)C1=O)[C@]1(C)O[C@H]1[C@H](C)[C@@H]1C[C@@](O)(NC(=O)O1)[C@H](OC)/C=C/C=C(\C)C2. The smallest absolute Gasteiger partial charge is 0.409 e. The van der Waals surface area contributed by atoms with Crippen molar-refractivity contribution in [3.63, 3.8) is 0 Å². The molecule has 4 aromatic carbocycles. The number of fused-ring (bicyclic) bond motifs is 6. The van der Waals surface area contributed by atoms with Gasteiger partial charge in [0.2, 0.25) is 70.9 Å². The maximum atomic E-state index is 15.4. The number of aromatic amines is 1. The van der Waals surface area contributed by atoms with E-state index in [2.05, 4.69) is 63.5 Å². The number of nitrogens with two attached hydrogens (primary N) is 1. The van der Waals surface area contributed by atoms with Gasteiger partial charge in [-0.15, -0.1) is 11.8 Å². The number of aliphatic hydroxyl groups excluding tert-OH is 2. The van der Waals surface area contributed by atoms with Gasteiger partial charge in [-0.25, -0.2) is 14.4 Å². The lowest BCUT2D eigenvalue weighted by Gasteiger charge is -2.42. The van der Waals surface area contributed by atoms with Crippen molar-refractivity contribution in [3.8, 4) is 11.5 Å². The van der Waals surface area contributed by atoms with Gasteiger partial charge in [0.25, 0.3) is 0 Å². The summed E-state index contributed by atoms with van der Waals surface area (Å²) < 4.78 is 29.7. The van der Waals surface area contributed by atoms with Gasteiger partial charge in [-0.05, 0) is 152 Å². The summed E-state index contributed by atoms with van der Waals surface area (Å²) in [4.78, 5) is 224. The number of phenolic OH excluding ortho intramolecular Hbond substituents is 1. The second-order valence-electron chi connectivity index (χ2n) is 37.7. The number of nitrogens with zero attached hydrogens (tertiary/aromatic N) is 3. The number of rotatable bonds is 34. The predicted molar refractivity (Wildman–Crippen MR) is 541 cm³/mol. The number of imide groups is 1. The molecule has 6 aliphatic rings. The molecule has 1 saturated carbocycles. The lowest BCUT2D eigenvalue weighted by Crippen LogP contribution is -2.63. The monoisotopic (exact) mass is 2070 g/mol. The van der Waals surface area contributed by atoms with E-state index in [-0.39, 0.29) is 118 Å². The minimum absolute atomic E-state index is 0.00299. The molecule has 18 N–H and O–H groups in total. The first-order chi connectivity index (χ1) is 68.7. The molecule has 6 heterocycles. The number of urea groups is 1. The number of hydrogen-bond acceptors (Lipinski definition) is 28. The van der Waals surface area contributed by atoms with E-state index in [4.69, 9.17) is 41.0 Å². The summed E-state index contributed by atoms with van der Waals surface area (Å²) in [6, 6.07) is 10.4. The number of epoxide rings is 1. The number of nitrogens with one attached hydrogen (secondary N) is 12. The van der Waals surface area contributed by atoms with Crippen molar-refractivity contribution < 1.29 is 116 Å². The molecule has 1 unspecified atom stereocenters. The van der Waals surface area contributed by atoms with Crippen LogP contribution in [0.4, 0.5) is 15.3 Å². The molecule has 44 heteroatoms. The summed E-state index contributed by atoms with van der Waals surface area (Å²) >= 11 is 7.98. The van der Waals surface area contributed by atoms with Crippen LogP contribution < -0.4 is 73.9 Å². The van der Waals surface area contributed by atoms with Gasteiger partial charge in [0.1, 0.15) is 94.8 Å². The van der Waals surface area contributed by atoms with E-state index in [1.165, 1.54) is 83.2 Å². The average Bonchev–Trinajstić information content (AvgIpc) is 1.56. The van der Waals surface area contributed by atoms with Crippen molar-refractivity contribution in [1.29, 1.82) is 0 Å². The van der Waals surface area contributed by atoms with E-state index < -0.39 is 215 Å². The topological polar surface area (TPSA) is 570 Å². The zero-order valence-corrected chi connectivity index (χ0v) is 85.7. The molecule has 4 bridgehead atoms. The summed E-state index contributed by atoms with van der Waals surface area (Å²) in [5.74, 6) is -11.8. The van der Waals surface area contributed by atoms with Crippen LogP contribution in [-0.4, -0.2) is 303 Å². The quantitative estimate of drug-likeness (QED) is 0.00876. The van der Waals surface area contributed by atoms with Crippen molar-refractivity contribution in [1.82, 2.24) is 73.3 Å². The van der Waals surface area contributed by atoms with Gasteiger partial charge in [-0.3, -0.25) is 67.8 Å². The highest BCUT2D eigenvalue weighted by Gasteiger charge is 2.65. The molecule has 5 aliphatic heterocycles. The third kappa shape index (κ3) is 30.8. The molecule has 144 heavy (non-hydrogen) atoms. The molecule has 11 rings (SSSR count). The van der Waals surface area contributed by atoms with Crippen molar-refractivity contribution >= 4 is 151 Å². The van der Waals surface area contributed by atoms with E-state index in [0.29, 0.717) is 52.5 Å². The fourth-order valence-electron chi connectivity index (χ4n) is 18.1. The van der Waals surface area contributed by atoms with Crippen molar-refractivity contribution in [3.05, 3.63) is 148 Å². The Morgan fingerprint density at radius 1 is 0.764 bits per heavy atom. The second-order valence-corrected chi connectivity index (χ2v) is 41.9. The van der Waals surface area contributed by atoms with Crippen LogP contribution in [0.2, 0.25) is 5.02 Å². The number of carbonyl (C=O) groups is 15. The van der Waals surface area contributed by atoms with Gasteiger partial charge in [0.15, 0.2) is 5.72 Å². The first-order valence-corrected chi connectivity index (χ1v) is 52.6. The Kier molecular flexibility index (Phi) is 41.5. The Morgan fingerprint density at radius 3 is 2.15 bits per heavy atom. The van der Waals surface area contributed by atoms with Crippen LogP contribution in [0.5, 0.6) is 11.5 Å². The average molecular weight is 2080 g/mol. The number of alkyl carbamates (subject to hydrolysis) is 1. The lowest BCUT2D eigenvalue weighted by molar-refractivity contribution is -0.162. The number of benzene rings is 4. The number of hydrogen-bond donors (Lipinski definition) is 17. The third-order valence-corrected chi connectivity index (χ3v) is 30.8. The molecule has 0 radical (unpaired) electrons. The molecule has 5 aromatic rings. The molecule has 15 amide bonds. The Labute approximate surface area is 853 Å². The van der Waals surface area contributed by atoms with Gasteiger partial charge in [-0.2, -0.15) is 0 Å². The number of aromatic nitrogens is 1. The second kappa shape index (κ2) is 53.0. The molecule has 5 fully saturated rings. The number of likely N-dealkylation sites (tertiary alicyclic amines) is 1. The van der Waals surface area contributed by atoms with Gasteiger partial charge in [0, 0.05) is 119 Å². The molecule has 1 aromatic heterocycles. The minimum Gasteiger partial charge on any atom is -0.508 e. The van der Waals surface area contributed by atoms with Crippen molar-refractivity contribution in [2.45, 2.75) is 277 Å². The van der Waals surface area contributed by atoms with E-state index >= 15 is 19.2 Å². The van der Waals surface area contributed by atoms with Gasteiger partial charge in [0.05, 0.1) is 42.8 Å². The third-order valence-electron chi connectivity index (χ3n) is 26.8. The summed E-state index contributed by atoms with van der Waals surface area (Å²) in [6.07, 6.45) is 2.85. The van der Waals surface area contributed by atoms with Gasteiger partial charge < -0.3 is 118 Å². The van der Waals surface area contributed by atoms with Gasteiger partial charge >= 0.3 is 18.1 Å². The number of aliphatic hydroxyl groups is 3. The van der Waals surface area contributed by atoms with Gasteiger partial charge in [-0.1, -0.05) is 144 Å². The number of H-pyrrole nitrogens is 1. The number of thioether (sulfide) groups is 1. The number of esters is 1. The maximum absolute atomic E-state index is 15.4. The lowest BCUT2D eigenvalue weighted by atomic mass is 9.83. The maximum Gasteiger partial charge on any atom is 0.409 e. The van der Waals surface area contributed by atoms with Crippen molar-refractivity contribution in [2.24, 2.45) is 11.7 Å². The summed E-state index contributed by atoms with van der Waals surface area (Å²) in [7, 11) is 7.53. The number of methoxy groups -OCH3 is 2. The normalized spacial score (nSPS) is 26.3. The van der Waals surface area contributed by atoms with Crippen LogP contribution in [0.15, 0.2) is 121 Å². The van der Waals surface area contributed by atoms with E-state index in [1.807, 2.05) is 13.0 Å². The highest BCUT2D eigenvalue weighted by molar-refractivity contribution is 8.76. The standard InChI is InChI=1S/C100H135ClN16O24S3/c1-55-25-24-33-78(138-10)100(136)51-76(139-98(135)114-100)56(2)86-99(6,141-86)79(50-81(122)116(8)74-46-62(43-55)47-75(137-9)83(74)101)140-96(133)57(3)115(7)80(121)38-42-142-77-49-82(123)117(95(77)132)41-23-13-22-40-103-93(130)84(58(4)118)112-92(129)73-54-144-143-53-72(109-89(126)70(44-60-26-14-11-15-27-60)111-97(134)105-64-28-16-12-17-29-64)91(128)107-69(45-61-34-36-65(120)37-35-61)88(125)108-71(48-63-52-104-67-31-19-18-30-66(63)67)90(127)106-68(32-20-21-39-102)87(124)113-85(59(5)119)94(131)110-73/h11,14-15,18-19,24-27,30-31,33-37,46-47,52,56-59,64,68-73,76-79,84-86,104,118-120,136H,12-13,16-17,20-23,28-29,32,38-45,48-51,53-54,102H2,1-10H3,(H,103,130)(H,106,127)(H,107,128)(H,108,125)(H,109,126)(H,110,131)(H,112,129)(H,113,124)(H,114,135)(H2,105,111,134)/b33-24+,55-25+/t56-,57+,58-,59-,68+,69+,70-,71-,72+,73+,76+,77?,78-,79+,84+,85+,86+,99+,100+/m1/s1. The van der Waals surface area contributed by atoms with Crippen LogP contribution in [0.25, 0.3) is 10.9 Å². The number of carbonyl (C=O) groups excluding carboxylic acids is 15. The number of likely N-dealkylation sites (N-methyl/N-ethyl adjacent to an activating group) is 1. The largest absolute Gasteiger partial charge is 0.508 e. The minimum atomic E-state index is -1.95. The first-order valence-electron chi connectivity index (χ1n) is 48.7. The van der Waals surface area contributed by atoms with E-state index in [0.717, 1.165) is 81.5 Å². The van der Waals surface area contributed by atoms with Crippen LogP contribution in [-0.2, 0) is 107 Å². The number of halogens is 1. The number of amides is 15. The molecule has 1 aliphatic carbocycles. The van der Waals surface area contributed by atoms with E-state index in [9.17, 15) is 73.2 Å². The van der Waals surface area contributed by atoms with Crippen LogP contribution in [0, 0.1) is 5.92 Å². The number of phenols is 1. The molecule has 0 spiro atoms. The predicted octanol–water partition coefficient (Wildman–Crippen LogP) is 4.65. The molecular formula is C100H135ClN16O24S3. The van der Waals surface area contributed by atoms with E-state index in [1.54, 1.807) is 98.9 Å². The molecule has 19 atom stereocenters. The molecule has 784 valence electrons. The first kappa shape index (κ1) is 113. The summed E-state index contributed by atoms with van der Waals surface area (Å²) in [5, 5.41) is 74.8. The Hall–Kier alpha value is -11.5. The number of ether oxygens (including phenoxy) is 5. The number of anilines is 1. The zero-order chi connectivity index (χ0) is 104. The van der Waals surface area contributed by atoms with Crippen molar-refractivity contribution in [2.75, 3.05) is 70.1 Å². The summed E-state index contributed by atoms with van der Waals surface area (Å²) in [5.41, 5.74) is 6.75. The highest BCUT2D eigenvalue weighted by atomic mass is 35.5. The Bertz CT molecular complexity index is 5450. The van der Waals surface area contributed by atoms with Crippen LogP contribution in [0.1, 0.15) is 160 Å². The Morgan fingerprint density at radius 2 is 1.45 bits per heavy atom. The zero-order valence-electron chi connectivity index (χ0n) is 82.5. The van der Waals surface area contributed by atoms with Crippen LogP contribution >= 0.6 is 45.0 Å².